The molecule has 0 fully saturated rings. The number of non-ortho nitro benzene ring substituents is 1. The van der Waals surface area contributed by atoms with Crippen molar-refractivity contribution < 1.29 is 23.9 Å². The van der Waals surface area contributed by atoms with E-state index in [1.807, 2.05) is 48.5 Å². The monoisotopic (exact) mass is 667 g/mol. The van der Waals surface area contributed by atoms with Crippen molar-refractivity contribution in [1.29, 1.82) is 0 Å². The van der Waals surface area contributed by atoms with Crippen molar-refractivity contribution in [2.24, 2.45) is 5.10 Å². The maximum absolute atomic E-state index is 12.3. The first kappa shape index (κ1) is 28.8. The Balaban J connectivity index is 1.36. The Hall–Kier alpha value is -4.22. The van der Waals surface area contributed by atoms with Crippen molar-refractivity contribution >= 4 is 49.7 Å². The molecule has 11 heteroatoms. The van der Waals surface area contributed by atoms with Gasteiger partial charge in [0.15, 0.2) is 11.5 Å². The van der Waals surface area contributed by atoms with Crippen molar-refractivity contribution in [2.45, 2.75) is 13.2 Å². The van der Waals surface area contributed by atoms with Crippen LogP contribution in [0.1, 0.15) is 27.0 Å². The Labute approximate surface area is 247 Å². The number of halogens is 2. The first-order valence-electron chi connectivity index (χ1n) is 11.9. The predicted molar refractivity (Wildman–Crippen MR) is 158 cm³/mol. The number of ether oxygens (including phenoxy) is 3. The van der Waals surface area contributed by atoms with Crippen molar-refractivity contribution in [2.75, 3.05) is 7.11 Å². The molecular formula is C29H23Br2N3O6. The molecule has 0 radical (unpaired) electrons. The van der Waals surface area contributed by atoms with Crippen LogP contribution in [0.25, 0.3) is 0 Å². The minimum atomic E-state index is -0.565. The zero-order chi connectivity index (χ0) is 28.5. The quantitative estimate of drug-likeness (QED) is 0.104. The number of hydrogen-bond donors (Lipinski definition) is 1. The minimum absolute atomic E-state index is 0.130. The second kappa shape index (κ2) is 13.7. The van der Waals surface area contributed by atoms with E-state index in [1.54, 1.807) is 19.2 Å². The SMILES string of the molecule is COc1cc(COc2c(Br)cc(/C=N/NC(=O)c3cccc([N+](=O)[O-])c3)cc2Br)ccc1OCc1ccccc1. The smallest absolute Gasteiger partial charge is 0.271 e. The summed E-state index contributed by atoms with van der Waals surface area (Å²) in [6.07, 6.45) is 1.45. The Morgan fingerprint density at radius 3 is 2.33 bits per heavy atom. The summed E-state index contributed by atoms with van der Waals surface area (Å²) in [5.41, 5.74) is 4.95. The van der Waals surface area contributed by atoms with E-state index < -0.39 is 10.8 Å². The molecule has 0 bridgehead atoms. The lowest BCUT2D eigenvalue weighted by Crippen LogP contribution is -2.17. The molecule has 0 spiro atoms. The Kier molecular flexibility index (Phi) is 9.87. The lowest BCUT2D eigenvalue weighted by molar-refractivity contribution is -0.384. The summed E-state index contributed by atoms with van der Waals surface area (Å²) in [4.78, 5) is 22.6. The van der Waals surface area contributed by atoms with E-state index >= 15 is 0 Å². The van der Waals surface area contributed by atoms with Gasteiger partial charge in [0, 0.05) is 17.7 Å². The van der Waals surface area contributed by atoms with Crippen LogP contribution in [0.5, 0.6) is 17.2 Å². The van der Waals surface area contributed by atoms with Crippen LogP contribution in [0.15, 0.2) is 99.0 Å². The van der Waals surface area contributed by atoms with Crippen molar-refractivity contribution in [3.05, 3.63) is 126 Å². The van der Waals surface area contributed by atoms with Gasteiger partial charge >= 0.3 is 0 Å². The number of benzene rings is 4. The first-order chi connectivity index (χ1) is 19.3. The van der Waals surface area contributed by atoms with E-state index in [1.165, 1.54) is 30.5 Å². The molecule has 9 nitrogen and oxygen atoms in total. The van der Waals surface area contributed by atoms with Crippen LogP contribution in [0.2, 0.25) is 0 Å². The highest BCUT2D eigenvalue weighted by atomic mass is 79.9. The van der Waals surface area contributed by atoms with E-state index in [9.17, 15) is 14.9 Å². The van der Waals surface area contributed by atoms with Gasteiger partial charge in [-0.1, -0.05) is 42.5 Å². The number of carbonyl (C=O) groups excluding carboxylic acids is 1. The predicted octanol–water partition coefficient (Wildman–Crippen LogP) is 7.05. The van der Waals surface area contributed by atoms with Gasteiger partial charge in [-0.25, -0.2) is 5.43 Å². The average Bonchev–Trinajstić information content (AvgIpc) is 2.96. The number of carbonyl (C=O) groups is 1. The molecule has 40 heavy (non-hydrogen) atoms. The number of hydrazone groups is 1. The maximum Gasteiger partial charge on any atom is 0.271 e. The Morgan fingerprint density at radius 1 is 0.900 bits per heavy atom. The summed E-state index contributed by atoms with van der Waals surface area (Å²) in [6, 6.07) is 24.5. The number of nitro groups is 1. The third-order valence-electron chi connectivity index (χ3n) is 5.57. The number of methoxy groups -OCH3 is 1. The van der Waals surface area contributed by atoms with Crippen LogP contribution in [0.4, 0.5) is 5.69 Å². The summed E-state index contributed by atoms with van der Waals surface area (Å²) < 4.78 is 18.8. The van der Waals surface area contributed by atoms with Gasteiger partial charge < -0.3 is 14.2 Å². The Morgan fingerprint density at radius 2 is 1.62 bits per heavy atom. The van der Waals surface area contributed by atoms with E-state index in [0.29, 0.717) is 38.4 Å². The molecule has 0 saturated carbocycles. The average molecular weight is 669 g/mol. The fourth-order valence-corrected chi connectivity index (χ4v) is 5.05. The third-order valence-corrected chi connectivity index (χ3v) is 6.75. The van der Waals surface area contributed by atoms with Crippen LogP contribution in [-0.4, -0.2) is 24.2 Å². The molecular weight excluding hydrogens is 646 g/mol. The van der Waals surface area contributed by atoms with Crippen LogP contribution in [0, 0.1) is 10.1 Å². The normalized spacial score (nSPS) is 10.8. The van der Waals surface area contributed by atoms with E-state index in [4.69, 9.17) is 14.2 Å². The standard InChI is InChI=1S/C29H23Br2N3O6/c1-38-27-14-20(10-11-26(27)39-17-19-6-3-2-4-7-19)18-40-28-24(30)12-21(13-25(28)31)16-32-33-29(35)22-8-5-9-23(15-22)34(36)37/h2-16H,17-18H2,1H3,(H,33,35)/b32-16+. The van der Waals surface area contributed by atoms with Gasteiger partial charge in [-0.3, -0.25) is 14.9 Å². The number of nitrogens with zero attached hydrogens (tertiary/aromatic N) is 2. The van der Waals surface area contributed by atoms with E-state index in [2.05, 4.69) is 42.4 Å². The fourth-order valence-electron chi connectivity index (χ4n) is 3.59. The van der Waals surface area contributed by atoms with Crippen molar-refractivity contribution in [1.82, 2.24) is 5.43 Å². The summed E-state index contributed by atoms with van der Waals surface area (Å²) >= 11 is 7.04. The lowest BCUT2D eigenvalue weighted by atomic mass is 10.2. The molecule has 4 rings (SSSR count). The molecule has 0 aliphatic heterocycles. The minimum Gasteiger partial charge on any atom is -0.493 e. The van der Waals surface area contributed by atoms with Crippen LogP contribution in [0.3, 0.4) is 0 Å². The van der Waals surface area contributed by atoms with Crippen molar-refractivity contribution in [3.63, 3.8) is 0 Å². The van der Waals surface area contributed by atoms with Crippen LogP contribution < -0.4 is 19.6 Å². The number of amides is 1. The molecule has 4 aromatic rings. The number of hydrogen-bond acceptors (Lipinski definition) is 7. The molecule has 4 aromatic carbocycles. The van der Waals surface area contributed by atoms with Gasteiger partial charge in [-0.15, -0.1) is 0 Å². The van der Waals surface area contributed by atoms with Gasteiger partial charge in [0.1, 0.15) is 19.0 Å². The highest BCUT2D eigenvalue weighted by Gasteiger charge is 2.13. The third kappa shape index (κ3) is 7.67. The number of nitro benzene ring substituents is 1. The highest BCUT2D eigenvalue weighted by molar-refractivity contribution is 9.11. The molecule has 0 unspecified atom stereocenters. The van der Waals surface area contributed by atoms with E-state index in [-0.39, 0.29) is 17.9 Å². The van der Waals surface area contributed by atoms with Gasteiger partial charge in [-0.05, 0) is 78.9 Å². The molecule has 0 aromatic heterocycles. The second-order valence-corrected chi connectivity index (χ2v) is 10.1. The second-order valence-electron chi connectivity index (χ2n) is 8.37. The molecule has 1 N–H and O–H groups in total. The summed E-state index contributed by atoms with van der Waals surface area (Å²) in [7, 11) is 1.59. The first-order valence-corrected chi connectivity index (χ1v) is 13.5. The zero-order valence-electron chi connectivity index (χ0n) is 21.2. The number of rotatable bonds is 11. The summed E-state index contributed by atoms with van der Waals surface area (Å²) in [6.45, 7) is 0.709. The number of nitrogens with one attached hydrogen (secondary N) is 1. The van der Waals surface area contributed by atoms with Crippen LogP contribution >= 0.6 is 31.9 Å². The van der Waals surface area contributed by atoms with Gasteiger partial charge in [0.2, 0.25) is 0 Å². The molecule has 0 heterocycles. The molecule has 0 aliphatic rings. The molecule has 0 saturated heterocycles. The molecule has 0 atom stereocenters. The highest BCUT2D eigenvalue weighted by Crippen LogP contribution is 2.36. The van der Waals surface area contributed by atoms with Gasteiger partial charge in [0.25, 0.3) is 11.6 Å². The topological polar surface area (TPSA) is 112 Å². The Bertz CT molecular complexity index is 1520. The van der Waals surface area contributed by atoms with Gasteiger partial charge in [-0.2, -0.15) is 5.10 Å². The fraction of sp³-hybridized carbons (Fsp3) is 0.103. The van der Waals surface area contributed by atoms with Crippen molar-refractivity contribution in [3.8, 4) is 17.2 Å². The van der Waals surface area contributed by atoms with Crippen LogP contribution in [-0.2, 0) is 13.2 Å². The molecule has 204 valence electrons. The summed E-state index contributed by atoms with van der Waals surface area (Å²) in [5, 5.41) is 14.9. The van der Waals surface area contributed by atoms with E-state index in [0.717, 1.165) is 11.1 Å². The zero-order valence-corrected chi connectivity index (χ0v) is 24.3. The molecule has 1 amide bonds. The maximum atomic E-state index is 12.3. The largest absolute Gasteiger partial charge is 0.493 e. The molecule has 0 aliphatic carbocycles. The van der Waals surface area contributed by atoms with Gasteiger partial charge in [0.05, 0.1) is 27.2 Å². The summed E-state index contributed by atoms with van der Waals surface area (Å²) in [5.74, 6) is 1.26. The lowest BCUT2D eigenvalue weighted by Gasteiger charge is -2.14.